The maximum Gasteiger partial charge on any atom is 0.339 e. The molecule has 1 atom stereocenters. The number of fused-ring (bicyclic) bond motifs is 1. The molecule has 1 aliphatic carbocycles. The first-order valence-corrected chi connectivity index (χ1v) is 8.02. The number of carbonyl (C=O) groups is 1. The van der Waals surface area contributed by atoms with Crippen LogP contribution in [0.15, 0.2) is 18.2 Å². The van der Waals surface area contributed by atoms with Crippen LogP contribution in [0.25, 0.3) is 0 Å². The van der Waals surface area contributed by atoms with Crippen LogP contribution in [0.2, 0.25) is 4.34 Å². The molecule has 6 heteroatoms. The Morgan fingerprint density at radius 3 is 2.95 bits per heavy atom. The molecule has 0 saturated heterocycles. The molecule has 4 nitrogen and oxygen atoms in total. The highest BCUT2D eigenvalue weighted by molar-refractivity contribution is 7.16. The van der Waals surface area contributed by atoms with E-state index in [4.69, 9.17) is 11.6 Å². The summed E-state index contributed by atoms with van der Waals surface area (Å²) in [5.41, 5.74) is 2.31. The second kappa shape index (κ2) is 5.66. The number of hydrogen-bond acceptors (Lipinski definition) is 4. The van der Waals surface area contributed by atoms with Crippen LogP contribution < -0.4 is 5.32 Å². The lowest BCUT2D eigenvalue weighted by Crippen LogP contribution is -2.13. The zero-order valence-corrected chi connectivity index (χ0v) is 13.1. The second-order valence-electron chi connectivity index (χ2n) is 5.16. The highest BCUT2D eigenvalue weighted by atomic mass is 35.5. The maximum atomic E-state index is 11.4. The fraction of sp³-hybridized carbons (Fsp3) is 0.333. The molecule has 0 spiro atoms. The van der Waals surface area contributed by atoms with Gasteiger partial charge in [0.15, 0.2) is 0 Å². The third kappa shape index (κ3) is 2.89. The summed E-state index contributed by atoms with van der Waals surface area (Å²) in [6.07, 6.45) is 2.88. The van der Waals surface area contributed by atoms with E-state index in [1.165, 1.54) is 11.3 Å². The van der Waals surface area contributed by atoms with Gasteiger partial charge in [-0.15, -0.1) is 11.3 Å². The van der Waals surface area contributed by atoms with Crippen molar-refractivity contribution in [1.82, 2.24) is 4.98 Å². The first kappa shape index (κ1) is 14.4. The SMILES string of the molecule is CC(Nc1nc2c(cc1C(=O)O)CCC2)c1ccc(Cl)s1. The van der Waals surface area contributed by atoms with Crippen molar-refractivity contribution in [1.29, 1.82) is 0 Å². The number of pyridine rings is 1. The van der Waals surface area contributed by atoms with E-state index in [-0.39, 0.29) is 11.6 Å². The number of carboxylic acid groups (broad SMARTS) is 1. The Hall–Kier alpha value is -1.59. The molecule has 110 valence electrons. The van der Waals surface area contributed by atoms with Crippen molar-refractivity contribution in [3.05, 3.63) is 44.2 Å². The van der Waals surface area contributed by atoms with Gasteiger partial charge in [-0.05, 0) is 49.9 Å². The molecule has 3 rings (SSSR count). The topological polar surface area (TPSA) is 62.2 Å². The Morgan fingerprint density at radius 2 is 2.29 bits per heavy atom. The molecule has 21 heavy (non-hydrogen) atoms. The van der Waals surface area contributed by atoms with Crippen molar-refractivity contribution in [2.75, 3.05) is 5.32 Å². The molecule has 0 aliphatic heterocycles. The van der Waals surface area contributed by atoms with Crippen LogP contribution in [0, 0.1) is 0 Å². The van der Waals surface area contributed by atoms with Crippen LogP contribution in [-0.4, -0.2) is 16.1 Å². The molecule has 2 aromatic rings. The van der Waals surface area contributed by atoms with Crippen molar-refractivity contribution < 1.29 is 9.90 Å². The van der Waals surface area contributed by atoms with Gasteiger partial charge in [-0.3, -0.25) is 0 Å². The molecule has 1 aliphatic rings. The standard InChI is InChI=1S/C15H15ClN2O2S/c1-8(12-5-6-13(16)21-12)17-14-10(15(19)20)7-9-3-2-4-11(9)18-14/h5-8H,2-4H2,1H3,(H,17,18)(H,19,20). The summed E-state index contributed by atoms with van der Waals surface area (Å²) in [5, 5.41) is 12.6. The molecule has 2 N–H and O–H groups in total. The Morgan fingerprint density at radius 1 is 1.48 bits per heavy atom. The van der Waals surface area contributed by atoms with Gasteiger partial charge < -0.3 is 10.4 Å². The van der Waals surface area contributed by atoms with Crippen LogP contribution >= 0.6 is 22.9 Å². The lowest BCUT2D eigenvalue weighted by atomic mass is 10.1. The van der Waals surface area contributed by atoms with Crippen LogP contribution in [0.4, 0.5) is 5.82 Å². The number of anilines is 1. The number of thiophene rings is 1. The zero-order chi connectivity index (χ0) is 15.0. The lowest BCUT2D eigenvalue weighted by Gasteiger charge is -2.16. The second-order valence-corrected chi connectivity index (χ2v) is 6.90. The molecule has 2 heterocycles. The van der Waals surface area contributed by atoms with Gasteiger partial charge in [0.25, 0.3) is 0 Å². The molecular weight excluding hydrogens is 308 g/mol. The average molecular weight is 323 g/mol. The monoisotopic (exact) mass is 322 g/mol. The van der Waals surface area contributed by atoms with E-state index in [0.717, 1.165) is 39.7 Å². The molecular formula is C15H15ClN2O2S. The maximum absolute atomic E-state index is 11.4. The summed E-state index contributed by atoms with van der Waals surface area (Å²) in [6, 6.07) is 5.51. The number of aromatic nitrogens is 1. The van der Waals surface area contributed by atoms with E-state index < -0.39 is 5.97 Å². The molecule has 0 aromatic carbocycles. The van der Waals surface area contributed by atoms with Crippen molar-refractivity contribution in [2.24, 2.45) is 0 Å². The highest BCUT2D eigenvalue weighted by Gasteiger charge is 2.21. The van der Waals surface area contributed by atoms with E-state index >= 15 is 0 Å². The van der Waals surface area contributed by atoms with Gasteiger partial charge in [-0.1, -0.05) is 11.6 Å². The molecule has 0 amide bonds. The van der Waals surface area contributed by atoms with Gasteiger partial charge in [-0.2, -0.15) is 0 Å². The summed E-state index contributed by atoms with van der Waals surface area (Å²) < 4.78 is 0.721. The minimum absolute atomic E-state index is 0.0347. The Balaban J connectivity index is 1.92. The number of aromatic carboxylic acids is 1. The molecule has 0 fully saturated rings. The van der Waals surface area contributed by atoms with E-state index in [1.807, 2.05) is 19.1 Å². The number of hydrogen-bond donors (Lipinski definition) is 2. The molecule has 1 unspecified atom stereocenters. The fourth-order valence-corrected chi connectivity index (χ4v) is 3.65. The van der Waals surface area contributed by atoms with Crippen molar-refractivity contribution in [2.45, 2.75) is 32.2 Å². The van der Waals surface area contributed by atoms with Crippen molar-refractivity contribution in [3.63, 3.8) is 0 Å². The molecule has 0 saturated carbocycles. The van der Waals surface area contributed by atoms with Crippen LogP contribution in [0.3, 0.4) is 0 Å². The van der Waals surface area contributed by atoms with Gasteiger partial charge in [0.2, 0.25) is 0 Å². The summed E-state index contributed by atoms with van der Waals surface area (Å²) in [4.78, 5) is 17.0. The fourth-order valence-electron chi connectivity index (χ4n) is 2.58. The number of nitrogens with zero attached hydrogens (tertiary/aromatic N) is 1. The average Bonchev–Trinajstić information content (AvgIpc) is 3.05. The predicted octanol–water partition coefficient (Wildman–Crippen LogP) is 4.16. The Kier molecular flexibility index (Phi) is 3.87. The zero-order valence-electron chi connectivity index (χ0n) is 11.5. The number of carboxylic acids is 1. The van der Waals surface area contributed by atoms with Gasteiger partial charge in [0.05, 0.1) is 10.4 Å². The largest absolute Gasteiger partial charge is 0.478 e. The first-order valence-electron chi connectivity index (χ1n) is 6.82. The first-order chi connectivity index (χ1) is 10.0. The minimum atomic E-state index is -0.948. The van der Waals surface area contributed by atoms with Crippen LogP contribution in [0.1, 0.15) is 45.9 Å². The number of nitrogens with one attached hydrogen (secondary N) is 1. The smallest absolute Gasteiger partial charge is 0.339 e. The van der Waals surface area contributed by atoms with Crippen LogP contribution in [-0.2, 0) is 12.8 Å². The van der Waals surface area contributed by atoms with Crippen molar-refractivity contribution in [3.8, 4) is 0 Å². The van der Waals surface area contributed by atoms with E-state index in [2.05, 4.69) is 10.3 Å². The van der Waals surface area contributed by atoms with Gasteiger partial charge in [0.1, 0.15) is 11.4 Å². The molecule has 0 bridgehead atoms. The number of aryl methyl sites for hydroxylation is 2. The Bertz CT molecular complexity index is 699. The quantitative estimate of drug-likeness (QED) is 0.887. The molecule has 2 aromatic heterocycles. The summed E-state index contributed by atoms with van der Waals surface area (Å²) in [5.74, 6) is -0.503. The predicted molar refractivity (Wildman–Crippen MR) is 84.6 cm³/mol. The normalized spacial score (nSPS) is 14.8. The third-order valence-electron chi connectivity index (χ3n) is 3.66. The Labute approximate surface area is 131 Å². The number of rotatable bonds is 4. The molecule has 0 radical (unpaired) electrons. The summed E-state index contributed by atoms with van der Waals surface area (Å²) >= 11 is 7.43. The van der Waals surface area contributed by atoms with Crippen molar-refractivity contribution >= 4 is 34.7 Å². The summed E-state index contributed by atoms with van der Waals surface area (Å²) in [7, 11) is 0. The number of halogens is 1. The van der Waals surface area contributed by atoms with Gasteiger partial charge in [0, 0.05) is 10.6 Å². The van der Waals surface area contributed by atoms with E-state index in [9.17, 15) is 9.90 Å². The van der Waals surface area contributed by atoms with Gasteiger partial charge in [-0.25, -0.2) is 9.78 Å². The third-order valence-corrected chi connectivity index (χ3v) is 5.07. The van der Waals surface area contributed by atoms with Crippen LogP contribution in [0.5, 0.6) is 0 Å². The van der Waals surface area contributed by atoms with Gasteiger partial charge >= 0.3 is 5.97 Å². The summed E-state index contributed by atoms with van der Waals surface area (Å²) in [6.45, 7) is 1.97. The van der Waals surface area contributed by atoms with E-state index in [1.54, 1.807) is 6.07 Å². The lowest BCUT2D eigenvalue weighted by molar-refractivity contribution is 0.0697. The van der Waals surface area contributed by atoms with E-state index in [0.29, 0.717) is 5.82 Å². The minimum Gasteiger partial charge on any atom is -0.478 e. The highest BCUT2D eigenvalue weighted by Crippen LogP contribution is 2.31.